The molecule has 9 nitrogen and oxygen atoms in total. The first-order chi connectivity index (χ1) is 18.4. The van der Waals surface area contributed by atoms with Crippen LogP contribution in [0.3, 0.4) is 0 Å². The molecule has 2 unspecified atom stereocenters. The van der Waals surface area contributed by atoms with E-state index in [2.05, 4.69) is 5.32 Å². The molecular formula is C29H38N4O5S. The summed E-state index contributed by atoms with van der Waals surface area (Å²) in [5.74, 6) is 0.425. The fraction of sp³-hybridized carbons (Fsp3) is 0.517. The van der Waals surface area contributed by atoms with Crippen LogP contribution in [0, 0.1) is 5.92 Å². The lowest BCUT2D eigenvalue weighted by Crippen LogP contribution is -2.58. The van der Waals surface area contributed by atoms with Crippen molar-refractivity contribution < 1.29 is 22.7 Å². The molecule has 0 aliphatic carbocycles. The van der Waals surface area contributed by atoms with Gasteiger partial charge in [0.2, 0.25) is 21.8 Å². The lowest BCUT2D eigenvalue weighted by molar-refractivity contribution is -0.139. The molecule has 2 aromatic carbocycles. The molecule has 0 saturated carbocycles. The number of ether oxygens (including phenoxy) is 1. The summed E-state index contributed by atoms with van der Waals surface area (Å²) in [6.07, 6.45) is 3.74. The summed E-state index contributed by atoms with van der Waals surface area (Å²) >= 11 is 0. The van der Waals surface area contributed by atoms with Crippen LogP contribution in [0.15, 0.2) is 48.5 Å². The maximum atomic E-state index is 13.9. The van der Waals surface area contributed by atoms with Gasteiger partial charge >= 0.3 is 0 Å². The van der Waals surface area contributed by atoms with Crippen molar-refractivity contribution in [2.75, 3.05) is 36.8 Å². The summed E-state index contributed by atoms with van der Waals surface area (Å²) in [6, 6.07) is 14.8. The first kappa shape index (κ1) is 27.5. The van der Waals surface area contributed by atoms with Crippen LogP contribution in [0.5, 0.6) is 5.75 Å². The molecule has 2 aromatic rings. The summed E-state index contributed by atoms with van der Waals surface area (Å²) in [7, 11) is -3.42. The Morgan fingerprint density at radius 3 is 2.49 bits per heavy atom. The maximum Gasteiger partial charge on any atom is 0.245 e. The summed E-state index contributed by atoms with van der Waals surface area (Å²) in [5.41, 5.74) is 7.45. The number of nitrogens with two attached hydrogens (primary N) is 1. The number of nitrogens with one attached hydrogen (secondary N) is 1. The number of hydrogen-bond donors (Lipinski definition) is 2. The van der Waals surface area contributed by atoms with Gasteiger partial charge in [0, 0.05) is 25.0 Å². The molecular weight excluding hydrogens is 516 g/mol. The molecule has 0 bridgehead atoms. The van der Waals surface area contributed by atoms with Crippen LogP contribution in [0.4, 0.5) is 5.69 Å². The second kappa shape index (κ2) is 10.1. The third kappa shape index (κ3) is 5.49. The van der Waals surface area contributed by atoms with Crippen molar-refractivity contribution >= 4 is 27.5 Å². The summed E-state index contributed by atoms with van der Waals surface area (Å²) in [5, 5.41) is 2.93. The van der Waals surface area contributed by atoms with E-state index in [1.165, 1.54) is 10.6 Å². The van der Waals surface area contributed by atoms with Crippen LogP contribution in [0.2, 0.25) is 0 Å². The van der Waals surface area contributed by atoms with Crippen molar-refractivity contribution in [3.63, 3.8) is 0 Å². The van der Waals surface area contributed by atoms with Crippen molar-refractivity contribution in [1.29, 1.82) is 0 Å². The Labute approximate surface area is 230 Å². The highest BCUT2D eigenvalue weighted by Crippen LogP contribution is 2.47. The van der Waals surface area contributed by atoms with Crippen LogP contribution in [-0.4, -0.2) is 69.2 Å². The number of piperidine rings is 1. The third-order valence-corrected chi connectivity index (χ3v) is 9.46. The minimum atomic E-state index is -3.42. The molecule has 2 atom stereocenters. The SMILES string of the molecule is CC(C)(N)C(=O)NC(CC1COc2ccccc2C1)C(=O)N1CCC2(CC1)CN(S(C)(=O)=O)c1ccccc12. The van der Waals surface area contributed by atoms with E-state index in [4.69, 9.17) is 10.5 Å². The van der Waals surface area contributed by atoms with Gasteiger partial charge in [-0.3, -0.25) is 13.9 Å². The van der Waals surface area contributed by atoms with Gasteiger partial charge in [-0.1, -0.05) is 36.4 Å². The number of para-hydroxylation sites is 2. The number of sulfonamides is 1. The summed E-state index contributed by atoms with van der Waals surface area (Å²) in [6.45, 7) is 5.07. The van der Waals surface area contributed by atoms with E-state index in [9.17, 15) is 18.0 Å². The quantitative estimate of drug-likeness (QED) is 0.565. The number of anilines is 1. The topological polar surface area (TPSA) is 122 Å². The lowest BCUT2D eigenvalue weighted by atomic mass is 9.74. The molecule has 39 heavy (non-hydrogen) atoms. The molecule has 3 heterocycles. The number of fused-ring (bicyclic) bond motifs is 3. The number of amides is 2. The number of benzene rings is 2. The van der Waals surface area contributed by atoms with Crippen LogP contribution in [-0.2, 0) is 31.4 Å². The molecule has 210 valence electrons. The molecule has 1 spiro atoms. The molecule has 5 rings (SSSR count). The zero-order valence-electron chi connectivity index (χ0n) is 22.9. The smallest absolute Gasteiger partial charge is 0.245 e. The van der Waals surface area contributed by atoms with E-state index >= 15 is 0 Å². The average molecular weight is 555 g/mol. The second-order valence-corrected chi connectivity index (χ2v) is 13.8. The Hall–Kier alpha value is -3.11. The standard InChI is InChI=1S/C29H38N4O5S/c1-28(2,30)27(35)31-23(17-20-16-21-8-4-7-11-25(21)38-18-20)26(34)32-14-12-29(13-15-32)19-33(39(3,36)37)24-10-6-5-9-22(24)29/h4-11,20,23H,12-19,30H2,1-3H3,(H,31,35). The Morgan fingerprint density at radius 1 is 1.13 bits per heavy atom. The van der Waals surface area contributed by atoms with Gasteiger partial charge in [-0.2, -0.15) is 0 Å². The highest BCUT2D eigenvalue weighted by atomic mass is 32.2. The number of rotatable bonds is 6. The molecule has 10 heteroatoms. The van der Waals surface area contributed by atoms with E-state index in [-0.39, 0.29) is 23.1 Å². The van der Waals surface area contributed by atoms with Gasteiger partial charge in [-0.05, 0) is 68.7 Å². The monoisotopic (exact) mass is 554 g/mol. The van der Waals surface area contributed by atoms with Crippen LogP contribution in [0.25, 0.3) is 0 Å². The number of carbonyl (C=O) groups excluding carboxylic acids is 2. The number of nitrogens with zero attached hydrogens (tertiary/aromatic N) is 2. The predicted molar refractivity (Wildman–Crippen MR) is 150 cm³/mol. The van der Waals surface area contributed by atoms with Gasteiger partial charge in [-0.15, -0.1) is 0 Å². The predicted octanol–water partition coefficient (Wildman–Crippen LogP) is 2.19. The highest BCUT2D eigenvalue weighted by Gasteiger charge is 2.48. The van der Waals surface area contributed by atoms with Gasteiger partial charge < -0.3 is 20.7 Å². The second-order valence-electron chi connectivity index (χ2n) is 11.9. The van der Waals surface area contributed by atoms with Gasteiger partial charge in [0.25, 0.3) is 0 Å². The van der Waals surface area contributed by atoms with Crippen molar-refractivity contribution in [3.05, 3.63) is 59.7 Å². The van der Waals surface area contributed by atoms with E-state index in [1.54, 1.807) is 13.8 Å². The minimum absolute atomic E-state index is 0.0659. The zero-order valence-corrected chi connectivity index (χ0v) is 23.7. The molecule has 3 aliphatic rings. The first-order valence-corrected chi connectivity index (χ1v) is 15.4. The normalized spacial score (nSPS) is 21.1. The van der Waals surface area contributed by atoms with E-state index in [0.29, 0.717) is 45.5 Å². The minimum Gasteiger partial charge on any atom is -0.493 e. The van der Waals surface area contributed by atoms with E-state index in [1.807, 2.05) is 53.4 Å². The molecule has 1 fully saturated rings. The summed E-state index contributed by atoms with van der Waals surface area (Å²) < 4.78 is 32.5. The van der Waals surface area contributed by atoms with E-state index in [0.717, 1.165) is 29.0 Å². The lowest BCUT2D eigenvalue weighted by Gasteiger charge is -2.41. The Kier molecular flexibility index (Phi) is 7.13. The van der Waals surface area contributed by atoms with Gasteiger partial charge in [-0.25, -0.2) is 8.42 Å². The van der Waals surface area contributed by atoms with Gasteiger partial charge in [0.15, 0.2) is 0 Å². The third-order valence-electron chi connectivity index (χ3n) is 8.34. The van der Waals surface area contributed by atoms with Gasteiger partial charge in [0.1, 0.15) is 11.8 Å². The Balaban J connectivity index is 1.32. The van der Waals surface area contributed by atoms with Gasteiger partial charge in [0.05, 0.1) is 24.1 Å². The first-order valence-electron chi connectivity index (χ1n) is 13.5. The van der Waals surface area contributed by atoms with Crippen molar-refractivity contribution in [1.82, 2.24) is 10.2 Å². The molecule has 3 aliphatic heterocycles. The van der Waals surface area contributed by atoms with Crippen LogP contribution >= 0.6 is 0 Å². The number of likely N-dealkylation sites (tertiary alicyclic amines) is 1. The molecule has 0 aromatic heterocycles. The highest BCUT2D eigenvalue weighted by molar-refractivity contribution is 7.92. The average Bonchev–Trinajstić information content (AvgIpc) is 3.22. The molecule has 0 radical (unpaired) electrons. The Morgan fingerprint density at radius 2 is 1.79 bits per heavy atom. The zero-order chi connectivity index (χ0) is 28.0. The van der Waals surface area contributed by atoms with Crippen LogP contribution in [0.1, 0.15) is 44.2 Å². The number of carbonyl (C=O) groups is 2. The van der Waals surface area contributed by atoms with Crippen molar-refractivity contribution in [3.8, 4) is 5.75 Å². The fourth-order valence-electron chi connectivity index (χ4n) is 6.12. The maximum absolute atomic E-state index is 13.9. The fourth-order valence-corrected chi connectivity index (χ4v) is 7.12. The Bertz CT molecular complexity index is 1360. The summed E-state index contributed by atoms with van der Waals surface area (Å²) in [4.78, 5) is 28.6. The molecule has 1 saturated heterocycles. The molecule has 3 N–H and O–H groups in total. The number of hydrogen-bond acceptors (Lipinski definition) is 6. The van der Waals surface area contributed by atoms with Crippen molar-refractivity contribution in [2.45, 2.75) is 56.5 Å². The van der Waals surface area contributed by atoms with E-state index < -0.39 is 21.6 Å². The van der Waals surface area contributed by atoms with Crippen molar-refractivity contribution in [2.24, 2.45) is 11.7 Å². The van der Waals surface area contributed by atoms with Crippen LogP contribution < -0.4 is 20.1 Å². The largest absolute Gasteiger partial charge is 0.493 e. The molecule has 2 amide bonds.